The Hall–Kier alpha value is -2.82. The summed E-state index contributed by atoms with van der Waals surface area (Å²) >= 11 is 0. The van der Waals surface area contributed by atoms with Crippen LogP contribution in [0.25, 0.3) is 0 Å². The lowest BCUT2D eigenvalue weighted by molar-refractivity contribution is -0.116. The van der Waals surface area contributed by atoms with Crippen LogP contribution in [-0.2, 0) is 4.79 Å². The van der Waals surface area contributed by atoms with Gasteiger partial charge in [0.25, 0.3) is 5.91 Å². The zero-order valence-electron chi connectivity index (χ0n) is 14.4. The number of methoxy groups -OCH3 is 1. The molecule has 1 N–H and O–H groups in total. The highest BCUT2D eigenvalue weighted by molar-refractivity contribution is 5.99. The van der Waals surface area contributed by atoms with E-state index in [1.54, 1.807) is 38.4 Å². The van der Waals surface area contributed by atoms with Gasteiger partial charge in [-0.05, 0) is 49.2 Å². The van der Waals surface area contributed by atoms with Crippen molar-refractivity contribution in [1.29, 1.82) is 0 Å². The number of hydrogen-bond donors (Lipinski definition) is 1. The normalized spacial score (nSPS) is 10.2. The average Bonchev–Trinajstić information content (AvgIpc) is 2.58. The van der Waals surface area contributed by atoms with E-state index >= 15 is 0 Å². The van der Waals surface area contributed by atoms with Gasteiger partial charge in [-0.25, -0.2) is 0 Å². The molecule has 0 aliphatic heterocycles. The quantitative estimate of drug-likeness (QED) is 0.919. The van der Waals surface area contributed by atoms with Crippen molar-refractivity contribution in [3.63, 3.8) is 0 Å². The fourth-order valence-corrected chi connectivity index (χ4v) is 2.34. The first kappa shape index (κ1) is 17.5. The summed E-state index contributed by atoms with van der Waals surface area (Å²) in [6, 6.07) is 12.6. The van der Waals surface area contributed by atoms with Crippen molar-refractivity contribution in [2.75, 3.05) is 26.0 Å². The lowest BCUT2D eigenvalue weighted by Gasteiger charge is -2.18. The monoisotopic (exact) mass is 326 g/mol. The molecule has 0 bridgehead atoms. The van der Waals surface area contributed by atoms with Gasteiger partial charge in [0.15, 0.2) is 0 Å². The predicted molar refractivity (Wildman–Crippen MR) is 94.5 cm³/mol. The maximum Gasteiger partial charge on any atom is 0.254 e. The summed E-state index contributed by atoms with van der Waals surface area (Å²) in [5, 5.41) is 2.85. The van der Waals surface area contributed by atoms with Crippen LogP contribution in [0.2, 0.25) is 0 Å². The van der Waals surface area contributed by atoms with E-state index in [9.17, 15) is 9.59 Å². The second-order valence-corrected chi connectivity index (χ2v) is 5.69. The fourth-order valence-electron chi connectivity index (χ4n) is 2.34. The second-order valence-electron chi connectivity index (χ2n) is 5.69. The molecule has 126 valence electrons. The van der Waals surface area contributed by atoms with Gasteiger partial charge in [-0.2, -0.15) is 0 Å². The van der Waals surface area contributed by atoms with Gasteiger partial charge in [0.2, 0.25) is 5.91 Å². The third-order valence-electron chi connectivity index (χ3n) is 3.92. The van der Waals surface area contributed by atoms with Crippen molar-refractivity contribution >= 4 is 17.5 Å². The van der Waals surface area contributed by atoms with Crippen LogP contribution in [0.1, 0.15) is 21.5 Å². The number of carbonyl (C=O) groups excluding carboxylic acids is 2. The van der Waals surface area contributed by atoms with Gasteiger partial charge in [0.05, 0.1) is 13.7 Å². The number of nitrogens with zero attached hydrogens (tertiary/aromatic N) is 1. The minimum atomic E-state index is -0.234. The molecule has 2 amide bonds. The summed E-state index contributed by atoms with van der Waals surface area (Å²) < 4.78 is 5.12. The molecule has 0 radical (unpaired) electrons. The molecule has 5 heteroatoms. The van der Waals surface area contributed by atoms with Gasteiger partial charge in [-0.1, -0.05) is 18.2 Å². The van der Waals surface area contributed by atoms with Gasteiger partial charge < -0.3 is 15.0 Å². The molecule has 0 saturated heterocycles. The number of carbonyl (C=O) groups is 2. The Labute approximate surface area is 142 Å². The third-order valence-corrected chi connectivity index (χ3v) is 3.92. The number of nitrogens with one attached hydrogen (secondary N) is 1. The Morgan fingerprint density at radius 2 is 1.83 bits per heavy atom. The van der Waals surface area contributed by atoms with Crippen LogP contribution in [0.3, 0.4) is 0 Å². The lowest BCUT2D eigenvalue weighted by Crippen LogP contribution is -2.35. The third kappa shape index (κ3) is 4.13. The number of aryl methyl sites for hydroxylation is 1. The number of rotatable bonds is 5. The van der Waals surface area contributed by atoms with Crippen LogP contribution >= 0.6 is 0 Å². The van der Waals surface area contributed by atoms with E-state index in [0.717, 1.165) is 16.8 Å². The van der Waals surface area contributed by atoms with Crippen molar-refractivity contribution in [2.24, 2.45) is 0 Å². The maximum absolute atomic E-state index is 12.4. The number of likely N-dealkylation sites (N-methyl/N-ethyl adjacent to an activating group) is 1. The first-order valence-corrected chi connectivity index (χ1v) is 7.68. The van der Waals surface area contributed by atoms with E-state index in [-0.39, 0.29) is 18.4 Å². The summed E-state index contributed by atoms with van der Waals surface area (Å²) in [5.74, 6) is 0.140. The average molecular weight is 326 g/mol. The van der Waals surface area contributed by atoms with E-state index in [0.29, 0.717) is 11.3 Å². The summed E-state index contributed by atoms with van der Waals surface area (Å²) in [4.78, 5) is 26.0. The van der Waals surface area contributed by atoms with Gasteiger partial charge in [0.1, 0.15) is 5.75 Å². The van der Waals surface area contributed by atoms with Gasteiger partial charge >= 0.3 is 0 Å². The molecule has 24 heavy (non-hydrogen) atoms. The summed E-state index contributed by atoms with van der Waals surface area (Å²) in [7, 11) is 3.15. The van der Waals surface area contributed by atoms with Crippen molar-refractivity contribution in [3.05, 3.63) is 59.2 Å². The Morgan fingerprint density at radius 1 is 1.12 bits per heavy atom. The molecular weight excluding hydrogens is 304 g/mol. The minimum Gasteiger partial charge on any atom is -0.497 e. The Morgan fingerprint density at radius 3 is 2.54 bits per heavy atom. The molecule has 2 rings (SSSR count). The fraction of sp³-hybridized carbons (Fsp3) is 0.263. The number of anilines is 1. The molecular formula is C19H22N2O3. The molecule has 0 saturated carbocycles. The first-order chi connectivity index (χ1) is 11.4. The lowest BCUT2D eigenvalue weighted by atomic mass is 10.1. The van der Waals surface area contributed by atoms with Crippen LogP contribution in [0.15, 0.2) is 42.5 Å². The standard InChI is InChI=1S/C19H22N2O3/c1-13-7-5-10-17(14(13)2)20-18(22)12-21(3)19(23)15-8-6-9-16(11-15)24-4/h5-11H,12H2,1-4H3,(H,20,22). The van der Waals surface area contributed by atoms with Crippen molar-refractivity contribution in [3.8, 4) is 5.75 Å². The van der Waals surface area contributed by atoms with Crippen LogP contribution in [0.5, 0.6) is 5.75 Å². The highest BCUT2D eigenvalue weighted by Crippen LogP contribution is 2.18. The minimum absolute atomic E-state index is 0.0244. The zero-order valence-corrected chi connectivity index (χ0v) is 14.4. The van der Waals surface area contributed by atoms with Gasteiger partial charge in [-0.3, -0.25) is 9.59 Å². The molecule has 0 fully saturated rings. The van der Waals surface area contributed by atoms with E-state index in [1.807, 2.05) is 32.0 Å². The van der Waals surface area contributed by atoms with Gasteiger partial charge in [-0.15, -0.1) is 0 Å². The molecule has 0 atom stereocenters. The zero-order chi connectivity index (χ0) is 17.7. The number of hydrogen-bond acceptors (Lipinski definition) is 3. The number of ether oxygens (including phenoxy) is 1. The first-order valence-electron chi connectivity index (χ1n) is 7.68. The predicted octanol–water partition coefficient (Wildman–Crippen LogP) is 3.02. The second kappa shape index (κ2) is 7.64. The molecule has 0 unspecified atom stereocenters. The molecule has 5 nitrogen and oxygen atoms in total. The van der Waals surface area contributed by atoms with Gasteiger partial charge in [0, 0.05) is 18.3 Å². The van der Waals surface area contributed by atoms with Crippen molar-refractivity contribution in [1.82, 2.24) is 4.90 Å². The molecule has 0 heterocycles. The summed E-state index contributed by atoms with van der Waals surface area (Å²) in [6.07, 6.45) is 0. The van der Waals surface area contributed by atoms with Crippen LogP contribution in [-0.4, -0.2) is 37.4 Å². The van der Waals surface area contributed by atoms with Crippen LogP contribution in [0, 0.1) is 13.8 Å². The largest absolute Gasteiger partial charge is 0.497 e. The van der Waals surface area contributed by atoms with Crippen molar-refractivity contribution in [2.45, 2.75) is 13.8 Å². The topological polar surface area (TPSA) is 58.6 Å². The molecule has 2 aromatic rings. The molecule has 0 aromatic heterocycles. The van der Waals surface area contributed by atoms with E-state index in [4.69, 9.17) is 4.74 Å². The Balaban J connectivity index is 2.02. The SMILES string of the molecule is COc1cccc(C(=O)N(C)CC(=O)Nc2cccc(C)c2C)c1. The van der Waals surface area contributed by atoms with E-state index in [1.165, 1.54) is 4.90 Å². The highest BCUT2D eigenvalue weighted by Gasteiger charge is 2.16. The van der Waals surface area contributed by atoms with E-state index in [2.05, 4.69) is 5.32 Å². The number of amides is 2. The highest BCUT2D eigenvalue weighted by atomic mass is 16.5. The van der Waals surface area contributed by atoms with Crippen LogP contribution in [0.4, 0.5) is 5.69 Å². The summed E-state index contributed by atoms with van der Waals surface area (Å²) in [5.41, 5.74) is 3.37. The van der Waals surface area contributed by atoms with E-state index < -0.39 is 0 Å². The molecule has 2 aromatic carbocycles. The Kier molecular flexibility index (Phi) is 5.58. The molecule has 0 spiro atoms. The van der Waals surface area contributed by atoms with Crippen molar-refractivity contribution < 1.29 is 14.3 Å². The molecule has 0 aliphatic rings. The smallest absolute Gasteiger partial charge is 0.254 e. The maximum atomic E-state index is 12.4. The number of benzene rings is 2. The summed E-state index contributed by atoms with van der Waals surface area (Å²) in [6.45, 7) is 3.92. The van der Waals surface area contributed by atoms with Crippen LogP contribution < -0.4 is 10.1 Å². The Bertz CT molecular complexity index is 756. The molecule has 0 aliphatic carbocycles.